The molecule has 1 aliphatic heterocycles. The zero-order chi connectivity index (χ0) is 16.5. The average molecular weight is 334 g/mol. The lowest BCUT2D eigenvalue weighted by molar-refractivity contribution is -0.143. The number of rotatable bonds is 4. The summed E-state index contributed by atoms with van der Waals surface area (Å²) in [4.78, 5) is 12.3. The minimum absolute atomic E-state index is 0.0962. The van der Waals surface area contributed by atoms with Gasteiger partial charge in [0.05, 0.1) is 4.90 Å². The molecule has 0 radical (unpaired) electrons. The summed E-state index contributed by atoms with van der Waals surface area (Å²) in [5.41, 5.74) is 0. The number of benzene rings is 1. The molecule has 1 aromatic carbocycles. The second kappa shape index (κ2) is 6.27. The number of nitrogens with zero attached hydrogens (tertiary/aromatic N) is 2. The highest BCUT2D eigenvalue weighted by atomic mass is 32.2. The van der Waals surface area contributed by atoms with Crippen molar-refractivity contribution >= 4 is 16.0 Å². The summed E-state index contributed by atoms with van der Waals surface area (Å²) in [6, 6.07) is 1.73. The van der Waals surface area contributed by atoms with Gasteiger partial charge in [0, 0.05) is 26.2 Å². The smallest absolute Gasteiger partial charge is 0.320 e. The van der Waals surface area contributed by atoms with E-state index < -0.39 is 33.7 Å². The van der Waals surface area contributed by atoms with Crippen LogP contribution in [0.1, 0.15) is 6.92 Å². The third-order valence-corrected chi connectivity index (χ3v) is 5.60. The van der Waals surface area contributed by atoms with Gasteiger partial charge >= 0.3 is 5.97 Å². The molecule has 0 bridgehead atoms. The van der Waals surface area contributed by atoms with Crippen LogP contribution in [0, 0.1) is 11.6 Å². The second-order valence-electron chi connectivity index (χ2n) is 5.03. The number of sulfonamides is 1. The Morgan fingerprint density at radius 2 is 1.77 bits per heavy atom. The number of hydrogen-bond acceptors (Lipinski definition) is 4. The van der Waals surface area contributed by atoms with Gasteiger partial charge in [0.2, 0.25) is 10.0 Å². The molecule has 0 unspecified atom stereocenters. The Hall–Kier alpha value is -1.58. The number of halogens is 2. The SMILES string of the molecule is C[C@@H](C(=O)O)N1CCN(S(=O)(=O)c2ccc(F)c(F)c2)CC1. The maximum Gasteiger partial charge on any atom is 0.320 e. The van der Waals surface area contributed by atoms with Crippen molar-refractivity contribution in [2.75, 3.05) is 26.2 Å². The van der Waals surface area contributed by atoms with E-state index in [0.29, 0.717) is 6.07 Å². The highest BCUT2D eigenvalue weighted by Gasteiger charge is 2.32. The van der Waals surface area contributed by atoms with Crippen LogP contribution >= 0.6 is 0 Å². The highest BCUT2D eigenvalue weighted by molar-refractivity contribution is 7.89. The summed E-state index contributed by atoms with van der Waals surface area (Å²) >= 11 is 0. The van der Waals surface area contributed by atoms with Gasteiger partial charge in [-0.2, -0.15) is 4.31 Å². The zero-order valence-electron chi connectivity index (χ0n) is 11.9. The quantitative estimate of drug-likeness (QED) is 0.879. The predicted octanol–water partition coefficient (Wildman–Crippen LogP) is 0.744. The molecule has 1 fully saturated rings. The molecule has 0 spiro atoms. The molecule has 122 valence electrons. The van der Waals surface area contributed by atoms with Crippen molar-refractivity contribution < 1.29 is 27.1 Å². The van der Waals surface area contributed by atoms with Crippen molar-refractivity contribution in [3.63, 3.8) is 0 Å². The fourth-order valence-corrected chi connectivity index (χ4v) is 3.71. The van der Waals surface area contributed by atoms with Crippen molar-refractivity contribution in [2.24, 2.45) is 0 Å². The normalized spacial score (nSPS) is 19.0. The standard InChI is InChI=1S/C13H16F2N2O4S/c1-9(13(18)19)16-4-6-17(7-5-16)22(20,21)10-2-3-11(14)12(15)8-10/h2-3,8-9H,4-7H2,1H3,(H,18,19)/t9-/m0/s1. The molecule has 0 aromatic heterocycles. The van der Waals surface area contributed by atoms with Gasteiger partial charge in [0.25, 0.3) is 0 Å². The van der Waals surface area contributed by atoms with Crippen LogP contribution in [-0.2, 0) is 14.8 Å². The van der Waals surface area contributed by atoms with Crippen LogP contribution in [0.25, 0.3) is 0 Å². The lowest BCUT2D eigenvalue weighted by atomic mass is 10.2. The molecular formula is C13H16F2N2O4S. The fraction of sp³-hybridized carbons (Fsp3) is 0.462. The monoisotopic (exact) mass is 334 g/mol. The average Bonchev–Trinajstić information content (AvgIpc) is 2.49. The van der Waals surface area contributed by atoms with Gasteiger partial charge in [-0.15, -0.1) is 0 Å². The molecule has 9 heteroatoms. The van der Waals surface area contributed by atoms with Crippen molar-refractivity contribution in [3.8, 4) is 0 Å². The highest BCUT2D eigenvalue weighted by Crippen LogP contribution is 2.20. The predicted molar refractivity (Wildman–Crippen MR) is 73.8 cm³/mol. The summed E-state index contributed by atoms with van der Waals surface area (Å²) < 4.78 is 52.0. The molecule has 1 saturated heterocycles. The number of hydrogen-bond donors (Lipinski definition) is 1. The Morgan fingerprint density at radius 3 is 2.27 bits per heavy atom. The Labute approximate surface area is 127 Å². The summed E-state index contributed by atoms with van der Waals surface area (Å²) in [6.45, 7) is 2.24. The number of aliphatic carboxylic acids is 1. The molecule has 6 nitrogen and oxygen atoms in total. The maximum absolute atomic E-state index is 13.2. The van der Waals surface area contributed by atoms with Crippen molar-refractivity contribution in [2.45, 2.75) is 17.9 Å². The van der Waals surface area contributed by atoms with E-state index in [1.54, 1.807) is 4.90 Å². The number of carboxylic acid groups (broad SMARTS) is 1. The van der Waals surface area contributed by atoms with Gasteiger partial charge in [-0.25, -0.2) is 17.2 Å². The van der Waals surface area contributed by atoms with Crippen molar-refractivity contribution in [1.29, 1.82) is 0 Å². The Bertz CT molecular complexity index is 673. The number of carbonyl (C=O) groups is 1. The third kappa shape index (κ3) is 3.26. The molecule has 0 saturated carbocycles. The molecule has 2 rings (SSSR count). The Kier molecular flexibility index (Phi) is 4.78. The van der Waals surface area contributed by atoms with E-state index in [4.69, 9.17) is 5.11 Å². The Morgan fingerprint density at radius 1 is 1.18 bits per heavy atom. The van der Waals surface area contributed by atoms with Gasteiger partial charge in [-0.3, -0.25) is 9.69 Å². The maximum atomic E-state index is 13.2. The van der Waals surface area contributed by atoms with Gasteiger partial charge in [-0.05, 0) is 25.1 Å². The fourth-order valence-electron chi connectivity index (χ4n) is 2.27. The molecule has 1 N–H and O–H groups in total. The molecular weight excluding hydrogens is 318 g/mol. The van der Waals surface area contributed by atoms with E-state index in [1.165, 1.54) is 6.92 Å². The first kappa shape index (κ1) is 16.8. The van der Waals surface area contributed by atoms with E-state index in [-0.39, 0.29) is 31.1 Å². The molecule has 0 aliphatic carbocycles. The second-order valence-corrected chi connectivity index (χ2v) is 6.97. The van der Waals surface area contributed by atoms with Gasteiger partial charge < -0.3 is 5.11 Å². The first-order valence-corrected chi connectivity index (χ1v) is 8.09. The summed E-state index contributed by atoms with van der Waals surface area (Å²) in [6.07, 6.45) is 0. The number of piperazine rings is 1. The van der Waals surface area contributed by atoms with Crippen LogP contribution in [-0.4, -0.2) is 60.9 Å². The lowest BCUT2D eigenvalue weighted by Crippen LogP contribution is -2.53. The molecule has 22 heavy (non-hydrogen) atoms. The van der Waals surface area contributed by atoms with Crippen molar-refractivity contribution in [1.82, 2.24) is 9.21 Å². The lowest BCUT2D eigenvalue weighted by Gasteiger charge is -2.35. The Balaban J connectivity index is 2.12. The molecule has 1 heterocycles. The third-order valence-electron chi connectivity index (χ3n) is 3.71. The van der Waals surface area contributed by atoms with Crippen LogP contribution < -0.4 is 0 Å². The molecule has 1 aromatic rings. The van der Waals surface area contributed by atoms with Gasteiger partial charge in [0.1, 0.15) is 6.04 Å². The molecule has 1 atom stereocenters. The van der Waals surface area contributed by atoms with Crippen LogP contribution in [0.5, 0.6) is 0 Å². The van der Waals surface area contributed by atoms with E-state index in [9.17, 15) is 22.0 Å². The van der Waals surface area contributed by atoms with Crippen LogP contribution in [0.15, 0.2) is 23.1 Å². The van der Waals surface area contributed by atoms with E-state index >= 15 is 0 Å². The molecule has 1 aliphatic rings. The topological polar surface area (TPSA) is 77.9 Å². The first-order chi connectivity index (χ1) is 10.2. The van der Waals surface area contributed by atoms with Crippen LogP contribution in [0.3, 0.4) is 0 Å². The summed E-state index contributed by atoms with van der Waals surface area (Å²) in [7, 11) is -3.92. The zero-order valence-corrected chi connectivity index (χ0v) is 12.7. The van der Waals surface area contributed by atoms with E-state index in [0.717, 1.165) is 16.4 Å². The molecule has 0 amide bonds. The summed E-state index contributed by atoms with van der Waals surface area (Å²) in [5, 5.41) is 8.94. The van der Waals surface area contributed by atoms with Crippen LogP contribution in [0.2, 0.25) is 0 Å². The van der Waals surface area contributed by atoms with Gasteiger partial charge in [0.15, 0.2) is 11.6 Å². The first-order valence-electron chi connectivity index (χ1n) is 6.65. The number of carboxylic acids is 1. The minimum atomic E-state index is -3.92. The summed E-state index contributed by atoms with van der Waals surface area (Å²) in [5.74, 6) is -3.31. The van der Waals surface area contributed by atoms with E-state index in [1.807, 2.05) is 0 Å². The van der Waals surface area contributed by atoms with Crippen LogP contribution in [0.4, 0.5) is 8.78 Å². The largest absolute Gasteiger partial charge is 0.480 e. The minimum Gasteiger partial charge on any atom is -0.480 e. The van der Waals surface area contributed by atoms with Gasteiger partial charge in [-0.1, -0.05) is 0 Å². The van der Waals surface area contributed by atoms with Crippen molar-refractivity contribution in [3.05, 3.63) is 29.8 Å². The van der Waals surface area contributed by atoms with E-state index in [2.05, 4.69) is 0 Å².